The fourth-order valence-electron chi connectivity index (χ4n) is 2.52. The Morgan fingerprint density at radius 2 is 2.04 bits per heavy atom. The van der Waals surface area contributed by atoms with Crippen molar-refractivity contribution in [2.45, 2.75) is 6.92 Å². The molecule has 9 heteroatoms. The predicted molar refractivity (Wildman–Crippen MR) is 108 cm³/mol. The van der Waals surface area contributed by atoms with E-state index in [1.165, 1.54) is 0 Å². The number of fused-ring (bicyclic) bond motifs is 1. The smallest absolute Gasteiger partial charge is 0.320 e. The molecule has 1 aromatic carbocycles. The van der Waals surface area contributed by atoms with E-state index >= 15 is 0 Å². The van der Waals surface area contributed by atoms with Crippen LogP contribution in [0, 0.1) is 0 Å². The van der Waals surface area contributed by atoms with Gasteiger partial charge in [0.1, 0.15) is 17.9 Å². The summed E-state index contributed by atoms with van der Waals surface area (Å²) in [6.45, 7) is 2.75. The van der Waals surface area contributed by atoms with Gasteiger partial charge in [0.2, 0.25) is 0 Å². The molecule has 2 heterocycles. The van der Waals surface area contributed by atoms with Gasteiger partial charge >= 0.3 is 6.03 Å². The number of urea groups is 1. The van der Waals surface area contributed by atoms with Crippen molar-refractivity contribution in [2.24, 2.45) is 0 Å². The number of carbonyl (C=O) groups excluding carboxylic acids is 1. The molecule has 0 atom stereocenters. The SMILES string of the molecule is CCNC(=O)Nc1ccc2ncc(-c3ccc(OCCCl)c(OC)c3)nc2n1. The van der Waals surface area contributed by atoms with Crippen molar-refractivity contribution in [2.75, 3.05) is 31.5 Å². The summed E-state index contributed by atoms with van der Waals surface area (Å²) in [6.07, 6.45) is 1.66. The number of aromatic nitrogens is 3. The maximum Gasteiger partial charge on any atom is 0.320 e. The van der Waals surface area contributed by atoms with Gasteiger partial charge in [-0.1, -0.05) is 0 Å². The van der Waals surface area contributed by atoms with E-state index in [1.54, 1.807) is 31.5 Å². The number of hydrogen-bond acceptors (Lipinski definition) is 6. The fourth-order valence-corrected chi connectivity index (χ4v) is 2.60. The van der Waals surface area contributed by atoms with E-state index in [0.717, 1.165) is 5.56 Å². The van der Waals surface area contributed by atoms with Crippen molar-refractivity contribution in [3.63, 3.8) is 0 Å². The number of anilines is 1. The normalized spacial score (nSPS) is 10.5. The van der Waals surface area contributed by atoms with Crippen LogP contribution >= 0.6 is 11.6 Å². The summed E-state index contributed by atoms with van der Waals surface area (Å²) in [5.41, 5.74) is 2.47. The number of rotatable bonds is 7. The van der Waals surface area contributed by atoms with Crippen molar-refractivity contribution in [3.8, 4) is 22.8 Å². The summed E-state index contributed by atoms with van der Waals surface area (Å²) in [4.78, 5) is 25.0. The zero-order valence-electron chi connectivity index (χ0n) is 15.5. The van der Waals surface area contributed by atoms with Crippen LogP contribution in [0.25, 0.3) is 22.4 Å². The lowest BCUT2D eigenvalue weighted by Crippen LogP contribution is -2.28. The molecule has 0 spiro atoms. The molecule has 8 nitrogen and oxygen atoms in total. The van der Waals surface area contributed by atoms with E-state index in [-0.39, 0.29) is 6.03 Å². The zero-order chi connectivity index (χ0) is 19.9. The van der Waals surface area contributed by atoms with Crippen LogP contribution in [0.1, 0.15) is 6.92 Å². The molecule has 0 fully saturated rings. The summed E-state index contributed by atoms with van der Waals surface area (Å²) in [6, 6.07) is 8.58. The molecule has 2 amide bonds. The second kappa shape index (κ2) is 9.18. The standard InChI is InChI=1S/C19H20ClN5O3/c1-3-21-19(26)25-17-7-5-13-18(24-17)23-14(11-22-13)12-4-6-15(28-9-8-20)16(10-12)27-2/h4-7,10-11H,3,8-9H2,1-2H3,(H2,21,23,24,25,26). The number of nitrogens with zero attached hydrogens (tertiary/aromatic N) is 3. The lowest BCUT2D eigenvalue weighted by atomic mass is 10.1. The molecule has 0 aliphatic rings. The molecule has 0 unspecified atom stereocenters. The minimum Gasteiger partial charge on any atom is -0.493 e. The number of alkyl halides is 1. The third kappa shape index (κ3) is 4.58. The molecular formula is C19H20ClN5O3. The molecule has 0 aliphatic carbocycles. The first kappa shape index (κ1) is 19.6. The Labute approximate surface area is 167 Å². The second-order valence-electron chi connectivity index (χ2n) is 5.68. The number of hydrogen-bond donors (Lipinski definition) is 2. The lowest BCUT2D eigenvalue weighted by Gasteiger charge is -2.11. The topological polar surface area (TPSA) is 98.3 Å². The number of ether oxygens (including phenoxy) is 2. The minimum atomic E-state index is -0.323. The fraction of sp³-hybridized carbons (Fsp3) is 0.263. The second-order valence-corrected chi connectivity index (χ2v) is 6.06. The summed E-state index contributed by atoms with van der Waals surface area (Å²) in [5, 5.41) is 5.31. The minimum absolute atomic E-state index is 0.323. The first-order valence-electron chi connectivity index (χ1n) is 8.70. The highest BCUT2D eigenvalue weighted by Gasteiger charge is 2.10. The predicted octanol–water partition coefficient (Wildman–Crippen LogP) is 3.46. The number of carbonyl (C=O) groups is 1. The molecule has 146 valence electrons. The quantitative estimate of drug-likeness (QED) is 0.588. The number of nitrogens with one attached hydrogen (secondary N) is 2. The Morgan fingerprint density at radius 1 is 1.18 bits per heavy atom. The van der Waals surface area contributed by atoms with E-state index in [0.29, 0.717) is 53.2 Å². The molecule has 0 saturated carbocycles. The number of benzene rings is 1. The van der Waals surface area contributed by atoms with Gasteiger partial charge in [0.05, 0.1) is 24.9 Å². The maximum absolute atomic E-state index is 11.7. The van der Waals surface area contributed by atoms with Crippen molar-refractivity contribution in [3.05, 3.63) is 36.5 Å². The van der Waals surface area contributed by atoms with Crippen LogP contribution in [0.2, 0.25) is 0 Å². The van der Waals surface area contributed by atoms with E-state index in [2.05, 4.69) is 25.6 Å². The van der Waals surface area contributed by atoms with Crippen LogP contribution in [0.5, 0.6) is 11.5 Å². The summed E-state index contributed by atoms with van der Waals surface area (Å²) in [7, 11) is 1.57. The van der Waals surface area contributed by atoms with Crippen LogP contribution in [0.3, 0.4) is 0 Å². The highest BCUT2D eigenvalue weighted by Crippen LogP contribution is 2.32. The number of halogens is 1. The van der Waals surface area contributed by atoms with Gasteiger partial charge in [-0.3, -0.25) is 10.3 Å². The van der Waals surface area contributed by atoms with Crippen molar-refractivity contribution < 1.29 is 14.3 Å². The van der Waals surface area contributed by atoms with Gasteiger partial charge < -0.3 is 14.8 Å². The Bertz CT molecular complexity index is 983. The van der Waals surface area contributed by atoms with Crippen molar-refractivity contribution in [1.29, 1.82) is 0 Å². The Hall–Kier alpha value is -3.13. The van der Waals surface area contributed by atoms with E-state index in [1.807, 2.05) is 19.1 Å². The third-order valence-corrected chi connectivity index (χ3v) is 3.93. The van der Waals surface area contributed by atoms with Gasteiger partial charge in [0.15, 0.2) is 17.1 Å². The molecule has 0 radical (unpaired) electrons. The van der Waals surface area contributed by atoms with E-state index < -0.39 is 0 Å². The number of pyridine rings is 1. The van der Waals surface area contributed by atoms with Crippen LogP contribution in [-0.4, -0.2) is 47.1 Å². The average molecular weight is 402 g/mol. The highest BCUT2D eigenvalue weighted by molar-refractivity contribution is 6.18. The third-order valence-electron chi connectivity index (χ3n) is 3.78. The molecule has 3 rings (SSSR count). The highest BCUT2D eigenvalue weighted by atomic mass is 35.5. The first-order valence-corrected chi connectivity index (χ1v) is 9.24. The molecule has 2 aromatic heterocycles. The van der Waals surface area contributed by atoms with Crippen LogP contribution in [0.15, 0.2) is 36.5 Å². The van der Waals surface area contributed by atoms with E-state index in [4.69, 9.17) is 21.1 Å². The molecule has 0 aliphatic heterocycles. The maximum atomic E-state index is 11.7. The van der Waals surface area contributed by atoms with Gasteiger partial charge in [-0.15, -0.1) is 11.6 Å². The molecular weight excluding hydrogens is 382 g/mol. The average Bonchev–Trinajstić information content (AvgIpc) is 2.71. The van der Waals surface area contributed by atoms with Gasteiger partial charge in [-0.2, -0.15) is 0 Å². The zero-order valence-corrected chi connectivity index (χ0v) is 16.3. The van der Waals surface area contributed by atoms with E-state index in [9.17, 15) is 4.79 Å². The molecule has 0 bridgehead atoms. The lowest BCUT2D eigenvalue weighted by molar-refractivity contribution is 0.252. The largest absolute Gasteiger partial charge is 0.493 e. The molecule has 3 aromatic rings. The summed E-state index contributed by atoms with van der Waals surface area (Å²) in [5.74, 6) is 1.96. The number of methoxy groups -OCH3 is 1. The Morgan fingerprint density at radius 3 is 2.79 bits per heavy atom. The monoisotopic (exact) mass is 401 g/mol. The number of amides is 2. The Kier molecular flexibility index (Phi) is 6.44. The van der Waals surface area contributed by atoms with Crippen molar-refractivity contribution >= 4 is 34.6 Å². The van der Waals surface area contributed by atoms with Gasteiger partial charge in [0.25, 0.3) is 0 Å². The van der Waals surface area contributed by atoms with Gasteiger partial charge in [-0.05, 0) is 37.3 Å². The summed E-state index contributed by atoms with van der Waals surface area (Å²) >= 11 is 5.67. The van der Waals surface area contributed by atoms with Crippen LogP contribution in [0.4, 0.5) is 10.6 Å². The molecule has 0 saturated heterocycles. The first-order chi connectivity index (χ1) is 13.6. The van der Waals surface area contributed by atoms with Crippen LogP contribution in [-0.2, 0) is 0 Å². The van der Waals surface area contributed by atoms with Gasteiger partial charge in [0, 0.05) is 12.1 Å². The Balaban J connectivity index is 1.91. The molecule has 2 N–H and O–H groups in total. The van der Waals surface area contributed by atoms with Crippen LogP contribution < -0.4 is 20.1 Å². The van der Waals surface area contributed by atoms with Crippen molar-refractivity contribution in [1.82, 2.24) is 20.3 Å². The van der Waals surface area contributed by atoms with Gasteiger partial charge in [-0.25, -0.2) is 14.8 Å². The summed E-state index contributed by atoms with van der Waals surface area (Å²) < 4.78 is 11.0. The molecule has 28 heavy (non-hydrogen) atoms.